The van der Waals surface area contributed by atoms with Crippen LogP contribution in [0.4, 0.5) is 10.1 Å². The molecule has 0 aromatic heterocycles. The maximum absolute atomic E-state index is 13.8. The van der Waals surface area contributed by atoms with Crippen molar-refractivity contribution >= 4 is 33.2 Å². The summed E-state index contributed by atoms with van der Waals surface area (Å²) in [6, 6.07) is 8.59. The molecule has 0 saturated heterocycles. The summed E-state index contributed by atoms with van der Waals surface area (Å²) < 4.78 is 20.1. The molecule has 5 heteroatoms. The fraction of sp³-hybridized carbons (Fsp3) is 0.250. The monoisotopic (exact) mass is 371 g/mol. The Morgan fingerprint density at radius 2 is 2.05 bits per heavy atom. The van der Waals surface area contributed by atoms with E-state index < -0.39 is 0 Å². The van der Waals surface area contributed by atoms with Gasteiger partial charge in [0.25, 0.3) is 0 Å². The molecule has 0 atom stereocenters. The lowest BCUT2D eigenvalue weighted by atomic mass is 10.1. The van der Waals surface area contributed by atoms with Gasteiger partial charge in [0, 0.05) is 17.1 Å². The van der Waals surface area contributed by atoms with Crippen molar-refractivity contribution in [2.45, 2.75) is 20.4 Å². The second-order valence-electron chi connectivity index (χ2n) is 4.65. The van der Waals surface area contributed by atoms with Crippen molar-refractivity contribution in [3.63, 3.8) is 0 Å². The van der Waals surface area contributed by atoms with Crippen molar-refractivity contribution in [2.24, 2.45) is 0 Å². The molecule has 2 aromatic rings. The number of halogens is 3. The molecule has 0 aliphatic carbocycles. The van der Waals surface area contributed by atoms with Crippen LogP contribution in [0, 0.1) is 12.7 Å². The molecule has 0 amide bonds. The fourth-order valence-electron chi connectivity index (χ4n) is 2.01. The first-order chi connectivity index (χ1) is 10.0. The van der Waals surface area contributed by atoms with E-state index in [-0.39, 0.29) is 5.82 Å². The Labute approximate surface area is 137 Å². The number of anilines is 1. The average Bonchev–Trinajstić information content (AvgIpc) is 2.43. The third kappa shape index (κ3) is 4.11. The number of rotatable bonds is 5. The first-order valence-electron chi connectivity index (χ1n) is 6.62. The van der Waals surface area contributed by atoms with Crippen LogP contribution in [0.3, 0.4) is 0 Å². The lowest BCUT2D eigenvalue weighted by Gasteiger charge is -2.15. The molecular weight excluding hydrogens is 357 g/mol. The largest absolute Gasteiger partial charge is 0.491 e. The molecule has 21 heavy (non-hydrogen) atoms. The summed E-state index contributed by atoms with van der Waals surface area (Å²) in [5.74, 6) is 0.446. The molecule has 0 spiro atoms. The van der Waals surface area contributed by atoms with Crippen LogP contribution >= 0.6 is 27.5 Å². The standard InChI is InChI=1S/C16H16BrClFNO/c1-3-21-16-13(17)7-12(18)8-15(16)20-9-11-6-10(2)4-5-14(11)19/h4-8,20H,3,9H2,1-2H3. The van der Waals surface area contributed by atoms with Crippen LogP contribution in [0.5, 0.6) is 5.75 Å². The molecule has 0 saturated carbocycles. The van der Waals surface area contributed by atoms with E-state index in [1.165, 1.54) is 6.07 Å². The van der Waals surface area contributed by atoms with E-state index in [4.69, 9.17) is 16.3 Å². The SMILES string of the molecule is CCOc1c(Br)cc(Cl)cc1NCc1cc(C)ccc1F. The topological polar surface area (TPSA) is 21.3 Å². The molecule has 112 valence electrons. The third-order valence-electron chi connectivity index (χ3n) is 2.97. The lowest BCUT2D eigenvalue weighted by Crippen LogP contribution is -2.05. The van der Waals surface area contributed by atoms with Gasteiger partial charge in [-0.3, -0.25) is 0 Å². The van der Waals surface area contributed by atoms with Crippen molar-refractivity contribution in [3.8, 4) is 5.75 Å². The molecule has 2 aromatic carbocycles. The number of hydrogen-bond donors (Lipinski definition) is 1. The molecule has 0 aliphatic heterocycles. The van der Waals surface area contributed by atoms with Crippen LogP contribution in [0.15, 0.2) is 34.8 Å². The molecule has 2 rings (SSSR count). The number of ether oxygens (including phenoxy) is 1. The van der Waals surface area contributed by atoms with Crippen molar-refractivity contribution in [1.82, 2.24) is 0 Å². The Balaban J connectivity index is 2.25. The number of nitrogens with one attached hydrogen (secondary N) is 1. The molecule has 0 radical (unpaired) electrons. The number of hydrogen-bond acceptors (Lipinski definition) is 2. The van der Waals surface area contributed by atoms with Crippen LogP contribution < -0.4 is 10.1 Å². The van der Waals surface area contributed by atoms with Gasteiger partial charge in [-0.1, -0.05) is 29.3 Å². The van der Waals surface area contributed by atoms with Gasteiger partial charge < -0.3 is 10.1 Å². The molecule has 0 aliphatic rings. The summed E-state index contributed by atoms with van der Waals surface area (Å²) in [4.78, 5) is 0. The van der Waals surface area contributed by atoms with Gasteiger partial charge >= 0.3 is 0 Å². The summed E-state index contributed by atoms with van der Waals surface area (Å²) in [6.45, 7) is 4.74. The van der Waals surface area contributed by atoms with E-state index in [0.29, 0.717) is 29.5 Å². The molecule has 1 N–H and O–H groups in total. The van der Waals surface area contributed by atoms with E-state index in [0.717, 1.165) is 15.7 Å². The van der Waals surface area contributed by atoms with E-state index in [1.54, 1.807) is 18.2 Å². The summed E-state index contributed by atoms with van der Waals surface area (Å²) in [6.07, 6.45) is 0. The Morgan fingerprint density at radius 3 is 2.76 bits per heavy atom. The van der Waals surface area contributed by atoms with Gasteiger partial charge in [0.1, 0.15) is 5.82 Å². The molecule has 0 unspecified atom stereocenters. The maximum atomic E-state index is 13.8. The van der Waals surface area contributed by atoms with E-state index in [2.05, 4.69) is 21.2 Å². The highest BCUT2D eigenvalue weighted by Crippen LogP contribution is 2.36. The van der Waals surface area contributed by atoms with Crippen molar-refractivity contribution in [1.29, 1.82) is 0 Å². The van der Waals surface area contributed by atoms with Crippen LogP contribution in [-0.4, -0.2) is 6.61 Å². The quantitative estimate of drug-likeness (QED) is 0.742. The van der Waals surface area contributed by atoms with Gasteiger partial charge in [-0.05, 0) is 48.0 Å². The Kier molecular flexibility index (Phi) is 5.48. The molecule has 0 bridgehead atoms. The van der Waals surface area contributed by atoms with Gasteiger partial charge in [0.05, 0.1) is 16.8 Å². The van der Waals surface area contributed by atoms with E-state index >= 15 is 0 Å². The first-order valence-corrected chi connectivity index (χ1v) is 7.79. The zero-order valence-electron chi connectivity index (χ0n) is 11.8. The summed E-state index contributed by atoms with van der Waals surface area (Å²) in [5, 5.41) is 3.77. The highest BCUT2D eigenvalue weighted by molar-refractivity contribution is 9.10. The Hall–Kier alpha value is -1.26. The predicted molar refractivity (Wildman–Crippen MR) is 88.8 cm³/mol. The molecular formula is C16H16BrClFNO. The van der Waals surface area contributed by atoms with Crippen LogP contribution in [-0.2, 0) is 6.54 Å². The van der Waals surface area contributed by atoms with Gasteiger partial charge in [0.2, 0.25) is 0 Å². The molecule has 0 heterocycles. The number of benzene rings is 2. The van der Waals surface area contributed by atoms with Crippen molar-refractivity contribution in [3.05, 3.63) is 56.8 Å². The first kappa shape index (κ1) is 16.1. The highest BCUT2D eigenvalue weighted by atomic mass is 79.9. The van der Waals surface area contributed by atoms with E-state index in [1.807, 2.05) is 19.9 Å². The average molecular weight is 373 g/mol. The zero-order chi connectivity index (χ0) is 15.4. The maximum Gasteiger partial charge on any atom is 0.156 e. The highest BCUT2D eigenvalue weighted by Gasteiger charge is 2.11. The predicted octanol–water partition coefficient (Wildman–Crippen LogP) is 5.56. The molecule has 2 nitrogen and oxygen atoms in total. The number of aryl methyl sites for hydroxylation is 1. The normalized spacial score (nSPS) is 10.5. The van der Waals surface area contributed by atoms with Crippen LogP contribution in [0.1, 0.15) is 18.1 Å². The second kappa shape index (κ2) is 7.14. The van der Waals surface area contributed by atoms with Crippen molar-refractivity contribution < 1.29 is 9.13 Å². The van der Waals surface area contributed by atoms with Crippen molar-refractivity contribution in [2.75, 3.05) is 11.9 Å². The minimum absolute atomic E-state index is 0.229. The lowest BCUT2D eigenvalue weighted by molar-refractivity contribution is 0.339. The van der Waals surface area contributed by atoms with Gasteiger partial charge in [-0.25, -0.2) is 4.39 Å². The minimum atomic E-state index is -0.229. The van der Waals surface area contributed by atoms with Crippen LogP contribution in [0.25, 0.3) is 0 Å². The Morgan fingerprint density at radius 1 is 1.29 bits per heavy atom. The Bertz CT molecular complexity index is 648. The van der Waals surface area contributed by atoms with Gasteiger partial charge in [-0.2, -0.15) is 0 Å². The van der Waals surface area contributed by atoms with Gasteiger partial charge in [-0.15, -0.1) is 0 Å². The van der Waals surface area contributed by atoms with E-state index in [9.17, 15) is 4.39 Å². The van der Waals surface area contributed by atoms with Gasteiger partial charge in [0.15, 0.2) is 5.75 Å². The third-order valence-corrected chi connectivity index (χ3v) is 3.77. The minimum Gasteiger partial charge on any atom is -0.491 e. The smallest absolute Gasteiger partial charge is 0.156 e. The summed E-state index contributed by atoms with van der Waals surface area (Å²) in [7, 11) is 0. The second-order valence-corrected chi connectivity index (χ2v) is 5.94. The summed E-state index contributed by atoms with van der Waals surface area (Å²) >= 11 is 9.49. The van der Waals surface area contributed by atoms with Crippen LogP contribution in [0.2, 0.25) is 5.02 Å². The molecule has 0 fully saturated rings. The zero-order valence-corrected chi connectivity index (χ0v) is 14.2. The summed E-state index contributed by atoms with van der Waals surface area (Å²) in [5.41, 5.74) is 2.36. The fourth-order valence-corrected chi connectivity index (χ4v) is 2.94.